The number of aromatic nitrogens is 5. The summed E-state index contributed by atoms with van der Waals surface area (Å²) in [5, 5.41) is 11.3. The van der Waals surface area contributed by atoms with Gasteiger partial charge in [0.25, 0.3) is 0 Å². The highest BCUT2D eigenvalue weighted by Crippen LogP contribution is 2.10. The van der Waals surface area contributed by atoms with Crippen molar-refractivity contribution in [1.82, 2.24) is 24.7 Å². The van der Waals surface area contributed by atoms with Crippen molar-refractivity contribution in [2.45, 2.75) is 33.7 Å². The van der Waals surface area contributed by atoms with Gasteiger partial charge in [0.2, 0.25) is 5.95 Å². The summed E-state index contributed by atoms with van der Waals surface area (Å²) in [6.45, 7) is 8.16. The van der Waals surface area contributed by atoms with Gasteiger partial charge in [-0.25, -0.2) is 9.97 Å². The minimum absolute atomic E-state index is 0.651. The normalized spacial score (nSPS) is 10.9. The van der Waals surface area contributed by atoms with Crippen molar-refractivity contribution in [3.8, 4) is 0 Å². The maximum absolute atomic E-state index is 5.07. The molecule has 0 bridgehead atoms. The maximum Gasteiger partial charge on any atom is 0.223 e. The first-order valence-electron chi connectivity index (χ1n) is 7.03. The van der Waals surface area contributed by atoms with E-state index in [9.17, 15) is 0 Å². The molecule has 2 heterocycles. The molecular weight excluding hydrogens is 268 g/mol. The molecule has 0 radical (unpaired) electrons. The summed E-state index contributed by atoms with van der Waals surface area (Å²) >= 11 is 0. The van der Waals surface area contributed by atoms with Crippen LogP contribution >= 0.6 is 0 Å². The van der Waals surface area contributed by atoms with Gasteiger partial charge in [0.15, 0.2) is 0 Å². The van der Waals surface area contributed by atoms with Crippen molar-refractivity contribution in [3.05, 3.63) is 29.1 Å². The summed E-state index contributed by atoms with van der Waals surface area (Å²) in [7, 11) is 1.69. The summed E-state index contributed by atoms with van der Waals surface area (Å²) < 4.78 is 7.07. The van der Waals surface area contributed by atoms with Crippen molar-refractivity contribution in [2.24, 2.45) is 0 Å². The van der Waals surface area contributed by atoms with Gasteiger partial charge in [-0.1, -0.05) is 0 Å². The Hall–Kier alpha value is -2.02. The lowest BCUT2D eigenvalue weighted by molar-refractivity contribution is 0.186. The molecule has 2 aromatic heterocycles. The fraction of sp³-hybridized carbons (Fsp3) is 0.571. The number of hydrogen-bond donors (Lipinski definition) is 1. The van der Waals surface area contributed by atoms with Crippen LogP contribution in [0.5, 0.6) is 0 Å². The van der Waals surface area contributed by atoms with Crippen molar-refractivity contribution >= 4 is 5.95 Å². The Bertz CT molecular complexity index is 572. The number of aryl methyl sites for hydroxylation is 2. The Balaban J connectivity index is 1.91. The number of methoxy groups -OCH3 is 1. The second-order valence-corrected chi connectivity index (χ2v) is 4.95. The molecule has 0 amide bonds. The Kier molecular flexibility index (Phi) is 5.21. The van der Waals surface area contributed by atoms with E-state index in [1.807, 2.05) is 25.3 Å². The van der Waals surface area contributed by atoms with Crippen LogP contribution in [-0.2, 0) is 17.7 Å². The zero-order chi connectivity index (χ0) is 15.2. The molecule has 0 aliphatic carbocycles. The summed E-state index contributed by atoms with van der Waals surface area (Å²) in [4.78, 5) is 8.88. The average molecular weight is 290 g/mol. The second-order valence-electron chi connectivity index (χ2n) is 4.95. The molecule has 114 valence electrons. The van der Waals surface area contributed by atoms with Crippen molar-refractivity contribution < 1.29 is 4.74 Å². The van der Waals surface area contributed by atoms with E-state index in [0.717, 1.165) is 35.7 Å². The van der Waals surface area contributed by atoms with Gasteiger partial charge in [0, 0.05) is 38.0 Å². The van der Waals surface area contributed by atoms with Crippen LogP contribution in [0.25, 0.3) is 0 Å². The Morgan fingerprint density at radius 3 is 2.57 bits per heavy atom. The lowest BCUT2D eigenvalue weighted by Gasteiger charge is -2.09. The van der Waals surface area contributed by atoms with Crippen LogP contribution in [0.2, 0.25) is 0 Å². The standard InChI is InChI=1S/C14H22N6O/c1-10-11(2)17-14(18-12(10)3)15-6-5-13-19-16-9-20(13)7-8-21-4/h9H,5-8H2,1-4H3,(H,15,17,18). The Labute approximate surface area is 124 Å². The number of rotatable bonds is 7. The molecule has 2 rings (SSSR count). The molecule has 0 aliphatic rings. The number of hydrogen-bond acceptors (Lipinski definition) is 6. The third kappa shape index (κ3) is 3.98. The first-order valence-corrected chi connectivity index (χ1v) is 7.03. The van der Waals surface area contributed by atoms with E-state index in [4.69, 9.17) is 4.74 Å². The van der Waals surface area contributed by atoms with Gasteiger partial charge in [-0.05, 0) is 26.3 Å². The largest absolute Gasteiger partial charge is 0.383 e. The van der Waals surface area contributed by atoms with Gasteiger partial charge in [-0.15, -0.1) is 10.2 Å². The monoisotopic (exact) mass is 290 g/mol. The molecular formula is C14H22N6O. The molecule has 0 fully saturated rings. The fourth-order valence-electron chi connectivity index (χ4n) is 1.99. The van der Waals surface area contributed by atoms with E-state index in [2.05, 4.69) is 25.5 Å². The van der Waals surface area contributed by atoms with Gasteiger partial charge in [-0.3, -0.25) is 0 Å². The molecule has 2 aromatic rings. The van der Waals surface area contributed by atoms with Crippen LogP contribution in [0.4, 0.5) is 5.95 Å². The first-order chi connectivity index (χ1) is 10.1. The van der Waals surface area contributed by atoms with E-state index in [-0.39, 0.29) is 0 Å². The number of anilines is 1. The Morgan fingerprint density at radius 1 is 1.19 bits per heavy atom. The van der Waals surface area contributed by atoms with Crippen molar-refractivity contribution in [3.63, 3.8) is 0 Å². The van der Waals surface area contributed by atoms with Crippen LogP contribution in [0.3, 0.4) is 0 Å². The van der Waals surface area contributed by atoms with Gasteiger partial charge < -0.3 is 14.6 Å². The fourth-order valence-corrected chi connectivity index (χ4v) is 1.99. The van der Waals surface area contributed by atoms with E-state index >= 15 is 0 Å². The highest BCUT2D eigenvalue weighted by atomic mass is 16.5. The van der Waals surface area contributed by atoms with E-state index in [1.54, 1.807) is 13.4 Å². The average Bonchev–Trinajstić information content (AvgIpc) is 2.90. The number of ether oxygens (including phenoxy) is 1. The molecule has 0 saturated carbocycles. The van der Waals surface area contributed by atoms with E-state index in [1.165, 1.54) is 0 Å². The molecule has 0 unspecified atom stereocenters. The Morgan fingerprint density at radius 2 is 1.90 bits per heavy atom. The van der Waals surface area contributed by atoms with E-state index in [0.29, 0.717) is 19.1 Å². The lowest BCUT2D eigenvalue weighted by atomic mass is 10.2. The molecule has 0 aromatic carbocycles. The maximum atomic E-state index is 5.07. The summed E-state index contributed by atoms with van der Waals surface area (Å²) in [5.41, 5.74) is 3.15. The molecule has 0 spiro atoms. The third-order valence-corrected chi connectivity index (χ3v) is 3.50. The first kappa shape index (κ1) is 15.4. The predicted molar refractivity (Wildman–Crippen MR) is 80.3 cm³/mol. The van der Waals surface area contributed by atoms with Crippen molar-refractivity contribution in [1.29, 1.82) is 0 Å². The van der Waals surface area contributed by atoms with Crippen LogP contribution < -0.4 is 5.32 Å². The van der Waals surface area contributed by atoms with Gasteiger partial charge in [0.05, 0.1) is 6.61 Å². The van der Waals surface area contributed by atoms with Crippen LogP contribution in [-0.4, -0.2) is 45.0 Å². The minimum Gasteiger partial charge on any atom is -0.383 e. The summed E-state index contributed by atoms with van der Waals surface area (Å²) in [6.07, 6.45) is 2.49. The molecule has 0 atom stereocenters. The van der Waals surface area contributed by atoms with Crippen LogP contribution in [0, 0.1) is 20.8 Å². The molecule has 0 aliphatic heterocycles. The van der Waals surface area contributed by atoms with E-state index < -0.39 is 0 Å². The van der Waals surface area contributed by atoms with Gasteiger partial charge >= 0.3 is 0 Å². The molecule has 7 nitrogen and oxygen atoms in total. The molecule has 0 saturated heterocycles. The third-order valence-electron chi connectivity index (χ3n) is 3.50. The molecule has 7 heteroatoms. The predicted octanol–water partition coefficient (Wildman–Crippen LogP) is 1.29. The van der Waals surface area contributed by atoms with Crippen LogP contribution in [0.15, 0.2) is 6.33 Å². The SMILES string of the molecule is COCCn1cnnc1CCNc1nc(C)c(C)c(C)n1. The second kappa shape index (κ2) is 7.12. The zero-order valence-corrected chi connectivity index (χ0v) is 13.1. The zero-order valence-electron chi connectivity index (χ0n) is 13.1. The molecule has 1 N–H and O–H groups in total. The van der Waals surface area contributed by atoms with Crippen LogP contribution in [0.1, 0.15) is 22.8 Å². The summed E-state index contributed by atoms with van der Waals surface area (Å²) in [6, 6.07) is 0. The number of nitrogens with one attached hydrogen (secondary N) is 1. The van der Waals surface area contributed by atoms with Crippen molar-refractivity contribution in [2.75, 3.05) is 25.6 Å². The minimum atomic E-state index is 0.651. The topological polar surface area (TPSA) is 77.8 Å². The number of nitrogens with zero attached hydrogens (tertiary/aromatic N) is 5. The molecule has 21 heavy (non-hydrogen) atoms. The summed E-state index contributed by atoms with van der Waals surface area (Å²) in [5.74, 6) is 1.60. The van der Waals surface area contributed by atoms with Gasteiger partial charge in [0.1, 0.15) is 12.2 Å². The lowest BCUT2D eigenvalue weighted by Crippen LogP contribution is -2.14. The highest BCUT2D eigenvalue weighted by Gasteiger charge is 2.06. The quantitative estimate of drug-likeness (QED) is 0.828. The smallest absolute Gasteiger partial charge is 0.223 e. The highest BCUT2D eigenvalue weighted by molar-refractivity contribution is 5.32. The van der Waals surface area contributed by atoms with Gasteiger partial charge in [-0.2, -0.15) is 0 Å².